The molecule has 1 atom stereocenters. The number of nitrogens with one attached hydrogen (secondary N) is 1. The fourth-order valence-electron chi connectivity index (χ4n) is 3.85. The van der Waals surface area contributed by atoms with Gasteiger partial charge in [0.05, 0.1) is 5.92 Å². The third kappa shape index (κ3) is 2.31. The maximum Gasteiger partial charge on any atom is 0.205 e. The van der Waals surface area contributed by atoms with Crippen LogP contribution in [0.4, 0.5) is 0 Å². The van der Waals surface area contributed by atoms with E-state index in [4.69, 9.17) is 9.47 Å². The molecule has 0 bridgehead atoms. The Morgan fingerprint density at radius 1 is 1.19 bits per heavy atom. The van der Waals surface area contributed by atoms with Crippen LogP contribution >= 0.6 is 0 Å². The molecule has 1 aromatic rings. The lowest BCUT2D eigenvalue weighted by molar-refractivity contribution is -0.237. The second-order valence-electron chi connectivity index (χ2n) is 5.97. The molecule has 1 unspecified atom stereocenters. The third-order valence-electron chi connectivity index (χ3n) is 4.98. The van der Waals surface area contributed by atoms with Crippen LogP contribution in [0, 0.1) is 11.8 Å². The lowest BCUT2D eigenvalue weighted by Crippen LogP contribution is -2.40. The van der Waals surface area contributed by atoms with E-state index in [0.29, 0.717) is 5.92 Å². The fourth-order valence-corrected chi connectivity index (χ4v) is 3.85. The molecule has 1 aliphatic heterocycles. The predicted octanol–water partition coefficient (Wildman–Crippen LogP) is 2.33. The minimum atomic E-state index is -0.918. The average molecular weight is 289 g/mol. The standard InChI is InChI=1S/C17H23NO3/c1-20-17(21-2)14-6-4-3-5-13(14)16(19)15(17)11-12-7-9-18-10-8-12/h3-6,12,15,18H,7-11H2,1-2H3. The van der Waals surface area contributed by atoms with Gasteiger partial charge in [-0.05, 0) is 38.3 Å². The van der Waals surface area contributed by atoms with Gasteiger partial charge in [0.25, 0.3) is 0 Å². The number of fused-ring (bicyclic) bond motifs is 1. The first-order valence-electron chi connectivity index (χ1n) is 7.67. The van der Waals surface area contributed by atoms with Crippen molar-refractivity contribution in [3.8, 4) is 0 Å². The molecule has 1 heterocycles. The molecule has 2 aliphatic rings. The summed E-state index contributed by atoms with van der Waals surface area (Å²) < 4.78 is 11.5. The van der Waals surface area contributed by atoms with Crippen molar-refractivity contribution in [2.45, 2.75) is 25.0 Å². The molecular formula is C17H23NO3. The average Bonchev–Trinajstić information content (AvgIpc) is 2.78. The number of methoxy groups -OCH3 is 2. The van der Waals surface area contributed by atoms with Crippen LogP contribution in [-0.4, -0.2) is 33.1 Å². The molecule has 0 radical (unpaired) electrons. The molecule has 21 heavy (non-hydrogen) atoms. The van der Waals surface area contributed by atoms with Crippen molar-refractivity contribution in [3.63, 3.8) is 0 Å². The Bertz CT molecular complexity index is 519. The van der Waals surface area contributed by atoms with Gasteiger partial charge < -0.3 is 14.8 Å². The minimum Gasteiger partial charge on any atom is -0.349 e. The molecule has 1 aliphatic carbocycles. The molecule has 4 nitrogen and oxygen atoms in total. The Kier molecular flexibility index (Phi) is 4.11. The number of piperidine rings is 1. The van der Waals surface area contributed by atoms with Gasteiger partial charge in [-0.1, -0.05) is 24.3 Å². The second kappa shape index (κ2) is 5.87. The van der Waals surface area contributed by atoms with E-state index in [2.05, 4.69) is 5.32 Å². The van der Waals surface area contributed by atoms with Crippen molar-refractivity contribution in [2.75, 3.05) is 27.3 Å². The van der Waals surface area contributed by atoms with Gasteiger partial charge in [0, 0.05) is 25.3 Å². The number of hydrogen-bond acceptors (Lipinski definition) is 4. The van der Waals surface area contributed by atoms with E-state index in [1.807, 2.05) is 24.3 Å². The highest BCUT2D eigenvalue weighted by Crippen LogP contribution is 2.47. The summed E-state index contributed by atoms with van der Waals surface area (Å²) in [6.07, 6.45) is 3.06. The summed E-state index contributed by atoms with van der Waals surface area (Å²) in [6, 6.07) is 7.67. The molecule has 0 saturated carbocycles. The molecule has 1 fully saturated rings. The number of hydrogen-bond donors (Lipinski definition) is 1. The van der Waals surface area contributed by atoms with Crippen LogP contribution in [0.25, 0.3) is 0 Å². The molecule has 0 spiro atoms. The van der Waals surface area contributed by atoms with E-state index in [-0.39, 0.29) is 11.7 Å². The first kappa shape index (κ1) is 14.7. The summed E-state index contributed by atoms with van der Waals surface area (Å²) in [7, 11) is 3.27. The lowest BCUT2D eigenvalue weighted by Gasteiger charge is -2.35. The van der Waals surface area contributed by atoms with Crippen molar-refractivity contribution in [2.24, 2.45) is 11.8 Å². The Morgan fingerprint density at radius 2 is 1.86 bits per heavy atom. The zero-order valence-electron chi connectivity index (χ0n) is 12.7. The van der Waals surface area contributed by atoms with Gasteiger partial charge in [-0.2, -0.15) is 0 Å². The van der Waals surface area contributed by atoms with E-state index in [9.17, 15) is 4.79 Å². The Hall–Kier alpha value is -1.23. The quantitative estimate of drug-likeness (QED) is 0.864. The summed E-state index contributed by atoms with van der Waals surface area (Å²) in [4.78, 5) is 12.8. The molecule has 0 aromatic heterocycles. The largest absolute Gasteiger partial charge is 0.349 e. The summed E-state index contributed by atoms with van der Waals surface area (Å²) in [5.74, 6) is -0.446. The second-order valence-corrected chi connectivity index (χ2v) is 5.97. The van der Waals surface area contributed by atoms with Gasteiger partial charge >= 0.3 is 0 Å². The summed E-state index contributed by atoms with van der Waals surface area (Å²) in [5, 5.41) is 3.37. The number of carbonyl (C=O) groups is 1. The van der Waals surface area contributed by atoms with Crippen LogP contribution in [0.3, 0.4) is 0 Å². The monoisotopic (exact) mass is 289 g/mol. The number of Topliss-reactive ketones (excluding diaryl/α,β-unsaturated/α-hetero) is 1. The predicted molar refractivity (Wildman–Crippen MR) is 80.2 cm³/mol. The van der Waals surface area contributed by atoms with Crippen molar-refractivity contribution >= 4 is 5.78 Å². The molecule has 4 heteroatoms. The number of rotatable bonds is 4. The van der Waals surface area contributed by atoms with Crippen LogP contribution < -0.4 is 5.32 Å². The number of ketones is 1. The van der Waals surface area contributed by atoms with E-state index in [1.165, 1.54) is 0 Å². The smallest absolute Gasteiger partial charge is 0.205 e. The van der Waals surface area contributed by atoms with Crippen molar-refractivity contribution in [1.29, 1.82) is 0 Å². The van der Waals surface area contributed by atoms with Crippen molar-refractivity contribution in [1.82, 2.24) is 5.32 Å². The van der Waals surface area contributed by atoms with Gasteiger partial charge in [0.2, 0.25) is 5.79 Å². The number of carbonyl (C=O) groups excluding carboxylic acids is 1. The highest BCUT2D eigenvalue weighted by atomic mass is 16.7. The number of ether oxygens (including phenoxy) is 2. The van der Waals surface area contributed by atoms with E-state index >= 15 is 0 Å². The minimum absolute atomic E-state index is 0.160. The van der Waals surface area contributed by atoms with Crippen molar-refractivity contribution in [3.05, 3.63) is 35.4 Å². The summed E-state index contributed by atoms with van der Waals surface area (Å²) in [6.45, 7) is 2.07. The molecule has 1 N–H and O–H groups in total. The maximum atomic E-state index is 12.8. The van der Waals surface area contributed by atoms with E-state index < -0.39 is 5.79 Å². The SMILES string of the molecule is COC1(OC)c2ccccc2C(=O)C1CC1CCNCC1. The highest BCUT2D eigenvalue weighted by molar-refractivity contribution is 6.03. The molecular weight excluding hydrogens is 266 g/mol. The zero-order valence-corrected chi connectivity index (χ0v) is 12.7. The van der Waals surface area contributed by atoms with Gasteiger partial charge in [0.15, 0.2) is 5.78 Å². The molecule has 1 aromatic carbocycles. The van der Waals surface area contributed by atoms with Gasteiger partial charge in [-0.15, -0.1) is 0 Å². The molecule has 114 valence electrons. The van der Waals surface area contributed by atoms with Crippen LogP contribution in [0.5, 0.6) is 0 Å². The fraction of sp³-hybridized carbons (Fsp3) is 0.588. The first-order valence-corrected chi connectivity index (χ1v) is 7.67. The van der Waals surface area contributed by atoms with Gasteiger partial charge in [-0.25, -0.2) is 0 Å². The zero-order chi connectivity index (χ0) is 14.9. The Morgan fingerprint density at radius 3 is 2.52 bits per heavy atom. The normalized spacial score (nSPS) is 25.0. The van der Waals surface area contributed by atoms with Crippen LogP contribution in [0.15, 0.2) is 24.3 Å². The molecule has 0 amide bonds. The maximum absolute atomic E-state index is 12.8. The van der Waals surface area contributed by atoms with Gasteiger partial charge in [0.1, 0.15) is 0 Å². The lowest BCUT2D eigenvalue weighted by atomic mass is 9.83. The first-order chi connectivity index (χ1) is 10.2. The van der Waals surface area contributed by atoms with E-state index in [0.717, 1.165) is 43.5 Å². The van der Waals surface area contributed by atoms with Gasteiger partial charge in [-0.3, -0.25) is 4.79 Å². The van der Waals surface area contributed by atoms with Crippen LogP contribution in [-0.2, 0) is 15.3 Å². The van der Waals surface area contributed by atoms with Crippen LogP contribution in [0.2, 0.25) is 0 Å². The topological polar surface area (TPSA) is 47.6 Å². The van der Waals surface area contributed by atoms with E-state index in [1.54, 1.807) is 14.2 Å². The number of benzene rings is 1. The molecule has 1 saturated heterocycles. The molecule has 3 rings (SSSR count). The van der Waals surface area contributed by atoms with Crippen molar-refractivity contribution < 1.29 is 14.3 Å². The Labute approximate surface area is 125 Å². The third-order valence-corrected chi connectivity index (χ3v) is 4.98. The Balaban J connectivity index is 1.93. The van der Waals surface area contributed by atoms with Crippen LogP contribution in [0.1, 0.15) is 35.2 Å². The summed E-state index contributed by atoms with van der Waals surface area (Å²) >= 11 is 0. The summed E-state index contributed by atoms with van der Waals surface area (Å²) in [5.41, 5.74) is 1.62. The highest BCUT2D eigenvalue weighted by Gasteiger charge is 2.53.